The highest BCUT2D eigenvalue weighted by atomic mass is 16.4. The Kier molecular flexibility index (Phi) is 9.90. The molecule has 1 saturated carbocycles. The van der Waals surface area contributed by atoms with Gasteiger partial charge in [0.1, 0.15) is 0 Å². The fraction of sp³-hybridized carbons (Fsp3) is 0.423. The zero-order valence-electron chi connectivity index (χ0n) is 20.6. The van der Waals surface area contributed by atoms with E-state index in [-0.39, 0.29) is 36.7 Å². The maximum absolute atomic E-state index is 13.3. The third kappa shape index (κ3) is 8.39. The Bertz CT molecular complexity index is 1010. The summed E-state index contributed by atoms with van der Waals surface area (Å²) in [5, 5.41) is 22.2. The van der Waals surface area contributed by atoms with E-state index in [0.29, 0.717) is 25.9 Å². The second kappa shape index (κ2) is 13.1. The second-order valence-electron chi connectivity index (χ2n) is 9.42. The number of amides is 2. The Labute approximate surface area is 212 Å². The molecule has 0 bridgehead atoms. The number of nitrogens with two attached hydrogens (primary N) is 2. The van der Waals surface area contributed by atoms with Gasteiger partial charge in [0.15, 0.2) is 5.96 Å². The van der Waals surface area contributed by atoms with Crippen molar-refractivity contribution in [1.29, 1.82) is 0 Å². The zero-order valence-corrected chi connectivity index (χ0v) is 20.6. The van der Waals surface area contributed by atoms with Gasteiger partial charge in [0, 0.05) is 24.9 Å². The summed E-state index contributed by atoms with van der Waals surface area (Å²) in [5.41, 5.74) is 12.7. The zero-order chi connectivity index (χ0) is 26.0. The van der Waals surface area contributed by atoms with Crippen LogP contribution in [-0.2, 0) is 21.4 Å². The van der Waals surface area contributed by atoms with E-state index in [1.54, 1.807) is 4.90 Å². The summed E-state index contributed by atoms with van der Waals surface area (Å²) < 4.78 is 0. The molecular formula is C26H36BN5O4. The van der Waals surface area contributed by atoms with E-state index in [4.69, 9.17) is 11.5 Å². The lowest BCUT2D eigenvalue weighted by molar-refractivity contribution is -0.136. The predicted molar refractivity (Wildman–Crippen MR) is 141 cm³/mol. The minimum Gasteiger partial charge on any atom is -0.426 e. The number of carbonyl (C=O) groups excluding carboxylic acids is 2. The number of hydrogen-bond donors (Lipinski definition) is 5. The molecule has 0 radical (unpaired) electrons. The molecule has 0 heterocycles. The van der Waals surface area contributed by atoms with E-state index in [2.05, 4.69) is 22.4 Å². The van der Waals surface area contributed by atoms with Crippen LogP contribution in [0.2, 0.25) is 0 Å². The number of aryl methyl sites for hydroxylation is 1. The lowest BCUT2D eigenvalue weighted by atomic mass is 9.76. The summed E-state index contributed by atoms with van der Waals surface area (Å²) in [6, 6.07) is 19.8. The second-order valence-corrected chi connectivity index (χ2v) is 9.42. The Morgan fingerprint density at radius 1 is 1.06 bits per heavy atom. The van der Waals surface area contributed by atoms with Crippen molar-refractivity contribution in [2.45, 2.75) is 49.9 Å². The van der Waals surface area contributed by atoms with Crippen LogP contribution in [0, 0.1) is 0 Å². The lowest BCUT2D eigenvalue weighted by Gasteiger charge is -2.29. The molecule has 0 spiro atoms. The first kappa shape index (κ1) is 27.2. The van der Waals surface area contributed by atoms with Crippen molar-refractivity contribution in [3.8, 4) is 0 Å². The Morgan fingerprint density at radius 3 is 2.28 bits per heavy atom. The largest absolute Gasteiger partial charge is 0.475 e. The summed E-state index contributed by atoms with van der Waals surface area (Å²) in [6.45, 7) is 0.597. The molecule has 2 aromatic rings. The van der Waals surface area contributed by atoms with Crippen LogP contribution in [0.15, 0.2) is 65.7 Å². The van der Waals surface area contributed by atoms with E-state index >= 15 is 0 Å². The molecule has 0 aromatic heterocycles. The van der Waals surface area contributed by atoms with Gasteiger partial charge < -0.3 is 31.7 Å². The molecule has 10 heteroatoms. The van der Waals surface area contributed by atoms with Crippen LogP contribution < -0.4 is 16.8 Å². The number of rotatable bonds is 14. The van der Waals surface area contributed by atoms with E-state index < -0.39 is 19.0 Å². The first-order valence-corrected chi connectivity index (χ1v) is 12.4. The molecule has 7 N–H and O–H groups in total. The number of carbonyl (C=O) groups is 2. The average Bonchev–Trinajstić information content (AvgIpc) is 3.65. The van der Waals surface area contributed by atoms with Gasteiger partial charge in [0.2, 0.25) is 11.8 Å². The fourth-order valence-corrected chi connectivity index (χ4v) is 4.37. The van der Waals surface area contributed by atoms with E-state index in [0.717, 1.165) is 24.0 Å². The van der Waals surface area contributed by atoms with Crippen molar-refractivity contribution in [2.24, 2.45) is 16.5 Å². The third-order valence-corrected chi connectivity index (χ3v) is 6.56. The van der Waals surface area contributed by atoms with Crippen molar-refractivity contribution in [2.75, 3.05) is 19.6 Å². The highest BCUT2D eigenvalue weighted by Gasteiger charge is 2.46. The smallest absolute Gasteiger partial charge is 0.426 e. The maximum Gasteiger partial charge on any atom is 0.475 e. The van der Waals surface area contributed by atoms with Crippen LogP contribution in [0.25, 0.3) is 0 Å². The summed E-state index contributed by atoms with van der Waals surface area (Å²) in [7, 11) is -1.74. The minimum atomic E-state index is -1.74. The first-order valence-electron chi connectivity index (χ1n) is 12.4. The highest BCUT2D eigenvalue weighted by molar-refractivity contribution is 6.43. The van der Waals surface area contributed by atoms with Crippen molar-refractivity contribution >= 4 is 24.9 Å². The van der Waals surface area contributed by atoms with Crippen molar-refractivity contribution in [1.82, 2.24) is 10.2 Å². The van der Waals surface area contributed by atoms with E-state index in [1.165, 1.54) is 0 Å². The van der Waals surface area contributed by atoms with Crippen molar-refractivity contribution < 1.29 is 19.6 Å². The molecule has 1 fully saturated rings. The molecule has 3 rings (SSSR count). The van der Waals surface area contributed by atoms with E-state index in [1.807, 2.05) is 48.5 Å². The number of hydrogen-bond acceptors (Lipinski definition) is 5. The maximum atomic E-state index is 13.3. The fourth-order valence-electron chi connectivity index (χ4n) is 4.37. The van der Waals surface area contributed by atoms with Crippen LogP contribution in [-0.4, -0.2) is 65.4 Å². The van der Waals surface area contributed by atoms with Crippen LogP contribution >= 0.6 is 0 Å². The van der Waals surface area contributed by atoms with Gasteiger partial charge in [-0.15, -0.1) is 0 Å². The molecule has 2 amide bonds. The van der Waals surface area contributed by atoms with Gasteiger partial charge in [-0.05, 0) is 43.2 Å². The van der Waals surface area contributed by atoms with Crippen LogP contribution in [0.4, 0.5) is 0 Å². The number of nitrogens with zero attached hydrogens (tertiary/aromatic N) is 2. The molecule has 0 unspecified atom stereocenters. The molecule has 0 aliphatic heterocycles. The Balaban J connectivity index is 1.66. The summed E-state index contributed by atoms with van der Waals surface area (Å²) in [4.78, 5) is 31.7. The summed E-state index contributed by atoms with van der Waals surface area (Å²) in [5.74, 6) is -1.48. The van der Waals surface area contributed by atoms with Crippen LogP contribution in [0.5, 0.6) is 0 Å². The van der Waals surface area contributed by atoms with Crippen LogP contribution in [0.1, 0.15) is 43.2 Å². The van der Waals surface area contributed by atoms with Gasteiger partial charge >= 0.3 is 7.12 Å². The van der Waals surface area contributed by atoms with Crippen molar-refractivity contribution in [3.63, 3.8) is 0 Å². The van der Waals surface area contributed by atoms with Crippen LogP contribution in [0.3, 0.4) is 0 Å². The highest BCUT2D eigenvalue weighted by Crippen LogP contribution is 2.48. The number of aliphatic imine (C=N–C) groups is 1. The van der Waals surface area contributed by atoms with Gasteiger partial charge in [-0.25, -0.2) is 0 Å². The predicted octanol–water partition coefficient (Wildman–Crippen LogP) is 0.730. The SMILES string of the molecule is NC(N)=NCCC[C@H](NC(=O)CN(CC1(c2ccccc2)CC1)C(=O)CCc1ccccc1)B(O)O. The molecule has 0 saturated heterocycles. The number of benzene rings is 2. The molecule has 1 aliphatic rings. The quantitative estimate of drug-likeness (QED) is 0.113. The standard InChI is InChI=1S/C26H36BN5O4/c28-25(29)30-17-7-12-22(27(35)36)31-23(33)18-32(24(34)14-13-20-8-3-1-4-9-20)19-26(15-16-26)21-10-5-2-6-11-21/h1-6,8-11,22,35-36H,7,12-19H2,(H,31,33)(H4,28,29,30)/t22-/m0/s1. The number of nitrogens with one attached hydrogen (secondary N) is 1. The van der Waals surface area contributed by atoms with Crippen molar-refractivity contribution in [3.05, 3.63) is 71.8 Å². The molecular weight excluding hydrogens is 457 g/mol. The summed E-state index contributed by atoms with van der Waals surface area (Å²) in [6.07, 6.45) is 3.49. The third-order valence-electron chi connectivity index (χ3n) is 6.56. The van der Waals surface area contributed by atoms with Gasteiger partial charge in [-0.3, -0.25) is 14.6 Å². The number of guanidine groups is 1. The van der Waals surface area contributed by atoms with Gasteiger partial charge in [-0.2, -0.15) is 0 Å². The summed E-state index contributed by atoms with van der Waals surface area (Å²) >= 11 is 0. The lowest BCUT2D eigenvalue weighted by Crippen LogP contribution is -2.51. The minimum absolute atomic E-state index is 0.0442. The average molecular weight is 493 g/mol. The topological polar surface area (TPSA) is 154 Å². The molecule has 192 valence electrons. The normalized spacial score (nSPS) is 14.4. The molecule has 9 nitrogen and oxygen atoms in total. The van der Waals surface area contributed by atoms with Gasteiger partial charge in [0.05, 0.1) is 12.5 Å². The molecule has 1 aliphatic carbocycles. The van der Waals surface area contributed by atoms with Gasteiger partial charge in [0.25, 0.3) is 0 Å². The van der Waals surface area contributed by atoms with Gasteiger partial charge in [-0.1, -0.05) is 60.7 Å². The molecule has 2 aromatic carbocycles. The molecule has 1 atom stereocenters. The molecule has 36 heavy (non-hydrogen) atoms. The first-order chi connectivity index (χ1) is 17.3. The Hall–Kier alpha value is -3.37. The van der Waals surface area contributed by atoms with E-state index in [9.17, 15) is 19.6 Å². The monoisotopic (exact) mass is 493 g/mol. The Morgan fingerprint density at radius 2 is 1.69 bits per heavy atom.